The highest BCUT2D eigenvalue weighted by Crippen LogP contribution is 2.41. The number of rotatable bonds is 8. The molecule has 0 radical (unpaired) electrons. The number of nitrogen functional groups attached to an aromatic ring is 1. The second-order valence-electron chi connectivity index (χ2n) is 7.30. The first-order valence-corrected chi connectivity index (χ1v) is 12.8. The van der Waals surface area contributed by atoms with Crippen LogP contribution in [0.4, 0.5) is 5.13 Å². The van der Waals surface area contributed by atoms with Crippen molar-refractivity contribution >= 4 is 63.5 Å². The molecule has 2 atom stereocenters. The SMILES string of the molecule is CON=C(C(=O)N[C@@H]1C(=O)N2C(C(=O)O)=C(CSc3cc[n+](C)cc3)CS[C@H]12)c1csc(N)n1. The van der Waals surface area contributed by atoms with Crippen molar-refractivity contribution in [1.82, 2.24) is 15.2 Å². The lowest BCUT2D eigenvalue weighted by molar-refractivity contribution is -0.671. The van der Waals surface area contributed by atoms with E-state index in [9.17, 15) is 19.5 Å². The summed E-state index contributed by atoms with van der Waals surface area (Å²) >= 11 is 4.05. The summed E-state index contributed by atoms with van der Waals surface area (Å²) in [4.78, 5) is 48.8. The first-order valence-electron chi connectivity index (χ1n) is 9.91. The summed E-state index contributed by atoms with van der Waals surface area (Å²) in [6.07, 6.45) is 3.82. The molecule has 0 spiro atoms. The number of aromatic nitrogens is 2. The van der Waals surface area contributed by atoms with Gasteiger partial charge in [0.05, 0.1) is 0 Å². The molecule has 4 heterocycles. The normalized spacial score (nSPS) is 20.0. The molecule has 2 aliphatic rings. The van der Waals surface area contributed by atoms with Gasteiger partial charge in [-0.3, -0.25) is 14.5 Å². The number of anilines is 1. The molecule has 4 N–H and O–H groups in total. The van der Waals surface area contributed by atoms with Gasteiger partial charge in [-0.25, -0.2) is 14.3 Å². The number of hydrogen-bond donors (Lipinski definition) is 3. The van der Waals surface area contributed by atoms with Crippen molar-refractivity contribution in [1.29, 1.82) is 0 Å². The highest BCUT2D eigenvalue weighted by atomic mass is 32.2. The van der Waals surface area contributed by atoms with E-state index in [1.807, 2.05) is 36.1 Å². The summed E-state index contributed by atoms with van der Waals surface area (Å²) in [6, 6.07) is 2.99. The zero-order valence-corrected chi connectivity index (χ0v) is 20.6. The molecule has 2 aromatic heterocycles. The van der Waals surface area contributed by atoms with Gasteiger partial charge in [-0.1, -0.05) is 5.16 Å². The number of oxime groups is 1. The van der Waals surface area contributed by atoms with Gasteiger partial charge in [0.15, 0.2) is 23.2 Å². The van der Waals surface area contributed by atoms with E-state index in [1.165, 1.54) is 35.5 Å². The second kappa shape index (κ2) is 10.0. The van der Waals surface area contributed by atoms with Crippen molar-refractivity contribution in [2.75, 3.05) is 24.3 Å². The standard InChI is InChI=1S/C20H20N6O5S3/c1-25-5-3-11(4-6-25)32-7-10-8-33-18-14(17(28)26(18)15(10)19(29)30)23-16(27)13(24-31-2)12-9-34-20(21)22-12/h3-6,9,14,18H,7-8H2,1-2H3,(H3-,21,22,23,27,29,30)/p+1/t14-,18-/m1/s1. The third kappa shape index (κ3) is 4.74. The van der Waals surface area contributed by atoms with E-state index in [-0.39, 0.29) is 22.2 Å². The summed E-state index contributed by atoms with van der Waals surface area (Å²) in [5, 5.41) is 17.5. The zero-order valence-electron chi connectivity index (χ0n) is 18.1. The molecule has 2 amide bonds. The zero-order chi connectivity index (χ0) is 24.4. The molecule has 34 heavy (non-hydrogen) atoms. The van der Waals surface area contributed by atoms with Gasteiger partial charge >= 0.3 is 5.97 Å². The van der Waals surface area contributed by atoms with Crippen LogP contribution in [0, 0.1) is 0 Å². The molecule has 2 aliphatic heterocycles. The summed E-state index contributed by atoms with van der Waals surface area (Å²) in [7, 11) is 3.20. The van der Waals surface area contributed by atoms with Gasteiger partial charge in [0, 0.05) is 33.9 Å². The maximum absolute atomic E-state index is 12.9. The molecular formula is C20H21N6O5S3+. The summed E-state index contributed by atoms with van der Waals surface area (Å²) < 4.78 is 1.91. The third-order valence-corrected chi connectivity index (χ3v) is 8.17. The highest BCUT2D eigenvalue weighted by molar-refractivity contribution is 8.01. The van der Waals surface area contributed by atoms with Gasteiger partial charge in [-0.15, -0.1) is 34.9 Å². The maximum atomic E-state index is 12.9. The predicted molar refractivity (Wildman–Crippen MR) is 128 cm³/mol. The first kappa shape index (κ1) is 24.0. The Kier molecular flexibility index (Phi) is 7.09. The predicted octanol–water partition coefficient (Wildman–Crippen LogP) is 0.431. The van der Waals surface area contributed by atoms with Crippen LogP contribution < -0.4 is 15.6 Å². The number of carbonyl (C=O) groups excluding carboxylic acids is 2. The van der Waals surface area contributed by atoms with Crippen LogP contribution in [-0.4, -0.2) is 68.5 Å². The van der Waals surface area contributed by atoms with E-state index >= 15 is 0 Å². The summed E-state index contributed by atoms with van der Waals surface area (Å²) in [5.74, 6) is -1.46. The third-order valence-electron chi connectivity index (χ3n) is 5.06. The number of carbonyl (C=O) groups is 3. The van der Waals surface area contributed by atoms with E-state index in [4.69, 9.17) is 10.6 Å². The van der Waals surface area contributed by atoms with Crippen LogP contribution in [0.1, 0.15) is 5.69 Å². The average Bonchev–Trinajstić information content (AvgIpc) is 3.25. The molecule has 4 rings (SSSR count). The molecule has 178 valence electrons. The average molecular weight is 522 g/mol. The quantitative estimate of drug-likeness (QED) is 0.148. The Hall–Kier alpha value is -3.10. The molecule has 0 saturated carbocycles. The Morgan fingerprint density at radius 1 is 1.44 bits per heavy atom. The molecule has 2 aromatic rings. The highest BCUT2D eigenvalue weighted by Gasteiger charge is 2.54. The molecular weight excluding hydrogens is 500 g/mol. The number of carboxylic acid groups (broad SMARTS) is 1. The largest absolute Gasteiger partial charge is 0.477 e. The Morgan fingerprint density at radius 3 is 2.79 bits per heavy atom. The van der Waals surface area contributed by atoms with Crippen LogP contribution >= 0.6 is 34.9 Å². The number of fused-ring (bicyclic) bond motifs is 1. The minimum Gasteiger partial charge on any atom is -0.477 e. The summed E-state index contributed by atoms with van der Waals surface area (Å²) in [6.45, 7) is 0. The number of nitrogens with two attached hydrogens (primary N) is 1. The number of amides is 2. The molecule has 0 aliphatic carbocycles. The van der Waals surface area contributed by atoms with Crippen molar-refractivity contribution in [3.63, 3.8) is 0 Å². The number of hydrogen-bond acceptors (Lipinski definition) is 10. The Labute approximate surface area is 207 Å². The number of thiazole rings is 1. The topological polar surface area (TPSA) is 151 Å². The van der Waals surface area contributed by atoms with E-state index in [0.29, 0.717) is 17.1 Å². The molecule has 0 unspecified atom stereocenters. The molecule has 0 aromatic carbocycles. The van der Waals surface area contributed by atoms with Crippen LogP contribution in [0.15, 0.2) is 51.2 Å². The number of β-lactam (4-membered cyclic amide) rings is 1. The van der Waals surface area contributed by atoms with Crippen LogP contribution in [-0.2, 0) is 26.3 Å². The van der Waals surface area contributed by atoms with Crippen LogP contribution in [0.3, 0.4) is 0 Å². The molecule has 11 nitrogen and oxygen atoms in total. The Balaban J connectivity index is 1.48. The maximum Gasteiger partial charge on any atom is 0.352 e. The lowest BCUT2D eigenvalue weighted by atomic mass is 10.0. The number of aryl methyl sites for hydroxylation is 1. The molecule has 14 heteroatoms. The lowest BCUT2D eigenvalue weighted by Crippen LogP contribution is -2.71. The first-order chi connectivity index (χ1) is 16.3. The van der Waals surface area contributed by atoms with Crippen molar-refractivity contribution < 1.29 is 28.9 Å². The van der Waals surface area contributed by atoms with Crippen LogP contribution in [0.25, 0.3) is 0 Å². The number of nitrogens with one attached hydrogen (secondary N) is 1. The fourth-order valence-electron chi connectivity index (χ4n) is 3.45. The smallest absolute Gasteiger partial charge is 0.352 e. The van der Waals surface area contributed by atoms with Crippen molar-refractivity contribution in [2.45, 2.75) is 16.3 Å². The van der Waals surface area contributed by atoms with Crippen LogP contribution in [0.5, 0.6) is 0 Å². The number of thioether (sulfide) groups is 2. The minimum absolute atomic E-state index is 0.0220. The van der Waals surface area contributed by atoms with Gasteiger partial charge < -0.3 is 21.0 Å². The number of carboxylic acids is 1. The lowest BCUT2D eigenvalue weighted by Gasteiger charge is -2.49. The minimum atomic E-state index is -1.17. The number of aliphatic carboxylic acids is 1. The Bertz CT molecular complexity index is 1200. The second-order valence-corrected chi connectivity index (χ2v) is 10.3. The molecule has 1 fully saturated rings. The summed E-state index contributed by atoms with van der Waals surface area (Å²) in [5.41, 5.74) is 6.38. The van der Waals surface area contributed by atoms with E-state index < -0.39 is 29.2 Å². The fraction of sp³-hybridized carbons (Fsp3) is 0.300. The van der Waals surface area contributed by atoms with E-state index in [2.05, 4.69) is 15.5 Å². The Morgan fingerprint density at radius 2 is 2.18 bits per heavy atom. The number of pyridine rings is 1. The van der Waals surface area contributed by atoms with Crippen molar-refractivity contribution in [3.8, 4) is 0 Å². The van der Waals surface area contributed by atoms with Gasteiger partial charge in [0.25, 0.3) is 11.8 Å². The van der Waals surface area contributed by atoms with Crippen molar-refractivity contribution in [3.05, 3.63) is 46.9 Å². The van der Waals surface area contributed by atoms with E-state index in [1.54, 1.807) is 5.38 Å². The van der Waals surface area contributed by atoms with Crippen LogP contribution in [0.2, 0.25) is 0 Å². The van der Waals surface area contributed by atoms with Gasteiger partial charge in [-0.2, -0.15) is 0 Å². The van der Waals surface area contributed by atoms with Crippen molar-refractivity contribution in [2.24, 2.45) is 12.2 Å². The van der Waals surface area contributed by atoms with Gasteiger partial charge in [0.1, 0.15) is 37.0 Å². The molecule has 0 bridgehead atoms. The number of nitrogens with zero attached hydrogens (tertiary/aromatic N) is 4. The molecule has 1 saturated heterocycles. The van der Waals surface area contributed by atoms with Gasteiger partial charge in [-0.05, 0) is 5.57 Å². The fourth-order valence-corrected chi connectivity index (χ4v) is 6.37. The van der Waals surface area contributed by atoms with Gasteiger partial charge in [0.2, 0.25) is 0 Å². The van der Waals surface area contributed by atoms with E-state index in [0.717, 1.165) is 16.2 Å². The monoisotopic (exact) mass is 521 g/mol.